The highest BCUT2D eigenvalue weighted by molar-refractivity contribution is 7.87. The number of fused-ring (bicyclic) bond motifs is 4. The molecule has 2 amide bonds. The molecule has 4 aliphatic heterocycles. The van der Waals surface area contributed by atoms with Gasteiger partial charge in [0.25, 0.3) is 18.1 Å². The molecule has 0 saturated carbocycles. The summed E-state index contributed by atoms with van der Waals surface area (Å²) in [7, 11) is -0.654. The molecular weight excluding hydrogens is 1630 g/mol. The zero-order valence-corrected chi connectivity index (χ0v) is 67.9. The van der Waals surface area contributed by atoms with Gasteiger partial charge in [0, 0.05) is 133 Å². The van der Waals surface area contributed by atoms with Gasteiger partial charge in [-0.25, -0.2) is 9.59 Å². The number of anilines is 1. The molecule has 642 valence electrons. The minimum atomic E-state index is -5.33. The number of methoxy groups -OCH3 is 3. The van der Waals surface area contributed by atoms with Crippen molar-refractivity contribution in [1.29, 1.82) is 0 Å². The number of benzene rings is 4. The second-order valence-corrected chi connectivity index (χ2v) is 28.6. The number of carbonyl (C=O) groups excluding carboxylic acids is 13. The number of carbonyl (C=O) groups is 13. The molecule has 5 heterocycles. The Morgan fingerprint density at radius 2 is 1.10 bits per heavy atom. The Morgan fingerprint density at radius 1 is 0.580 bits per heavy atom. The number of hydrogen-bond acceptors (Lipinski definition) is 37. The lowest BCUT2D eigenvalue weighted by atomic mass is 9.95. The van der Waals surface area contributed by atoms with E-state index < -0.39 is 209 Å². The first kappa shape index (κ1) is 90.9. The Kier molecular flexibility index (Phi) is 30.5. The number of aromatic nitrogens is 1. The van der Waals surface area contributed by atoms with Crippen LogP contribution in [0, 0.1) is 0 Å². The summed E-state index contributed by atoms with van der Waals surface area (Å²) >= 11 is 6.75. The number of halogens is 1. The van der Waals surface area contributed by atoms with Crippen LogP contribution in [0.3, 0.4) is 0 Å². The molecule has 3 fully saturated rings. The molecule has 1 N–H and O–H groups in total. The smallest absolute Gasteiger partial charge is 0.340 e. The minimum absolute atomic E-state index is 0.00268. The third-order valence-corrected chi connectivity index (χ3v) is 19.9. The minimum Gasteiger partial charge on any atom is -0.497 e. The molecule has 5 aromatic rings. The second kappa shape index (κ2) is 40.0. The fraction of sp³-hybridized carbons (Fsp3) is 0.493. The molecule has 44 heteroatoms. The highest BCUT2D eigenvalue weighted by Crippen LogP contribution is 2.48. The molecule has 1 aromatic heterocycles. The fourth-order valence-corrected chi connectivity index (χ4v) is 14.8. The van der Waals surface area contributed by atoms with E-state index in [0.717, 1.165) is 88.7 Å². The molecular formula is C75H84ClN7O35S. The van der Waals surface area contributed by atoms with Crippen molar-refractivity contribution < 1.29 is 165 Å². The number of H-pyrrole nitrogens is 1. The van der Waals surface area contributed by atoms with Crippen LogP contribution in [0.1, 0.15) is 107 Å². The summed E-state index contributed by atoms with van der Waals surface area (Å²) in [5.74, 6) is -14.8. The number of oxime groups is 1. The lowest BCUT2D eigenvalue weighted by Crippen LogP contribution is -2.65. The average molecular weight is 1710 g/mol. The van der Waals surface area contributed by atoms with Crippen LogP contribution in [0.25, 0.3) is 32.1 Å². The molecule has 16 atom stereocenters. The molecule has 119 heavy (non-hydrogen) atoms. The molecule has 42 nitrogen and oxygen atoms in total. The van der Waals surface area contributed by atoms with Crippen molar-refractivity contribution in [3.63, 3.8) is 0 Å². The summed E-state index contributed by atoms with van der Waals surface area (Å²) in [5.41, 5.74) is 9.57. The third kappa shape index (κ3) is 22.1. The lowest BCUT2D eigenvalue weighted by Gasteiger charge is -2.45. The van der Waals surface area contributed by atoms with Gasteiger partial charge in [0.1, 0.15) is 22.4 Å². The normalized spacial score (nSPS) is 23.9. The predicted molar refractivity (Wildman–Crippen MR) is 400 cm³/mol. The quantitative estimate of drug-likeness (QED) is 0.00590. The fourth-order valence-electron chi connectivity index (χ4n) is 13.4. The van der Waals surface area contributed by atoms with Crippen LogP contribution in [0.2, 0.25) is 0 Å². The van der Waals surface area contributed by atoms with Crippen LogP contribution in [-0.4, -0.2) is 267 Å². The molecule has 4 aromatic carbocycles. The highest BCUT2D eigenvalue weighted by Gasteiger charge is 2.59. The van der Waals surface area contributed by atoms with Crippen LogP contribution in [0.4, 0.5) is 5.69 Å². The van der Waals surface area contributed by atoms with Crippen molar-refractivity contribution in [2.24, 2.45) is 10.3 Å². The van der Waals surface area contributed by atoms with Crippen molar-refractivity contribution >= 4 is 132 Å². The van der Waals surface area contributed by atoms with Gasteiger partial charge in [-0.05, 0) is 89.6 Å². The molecule has 3 saturated heterocycles. The zero-order valence-electron chi connectivity index (χ0n) is 66.3. The lowest BCUT2D eigenvalue weighted by molar-refractivity contribution is -0.331. The van der Waals surface area contributed by atoms with Gasteiger partial charge in [0.2, 0.25) is 18.5 Å². The Labute approximate surface area is 682 Å². The summed E-state index contributed by atoms with van der Waals surface area (Å²) in [5, 5.41) is 8.30. The monoisotopic (exact) mass is 1710 g/mol. The van der Waals surface area contributed by atoms with Gasteiger partial charge in [-0.15, -0.1) is 11.6 Å². The van der Waals surface area contributed by atoms with E-state index in [1.807, 2.05) is 0 Å². The Bertz CT molecular complexity index is 4940. The van der Waals surface area contributed by atoms with E-state index in [4.69, 9.17) is 111 Å². The molecule has 0 aliphatic carbocycles. The van der Waals surface area contributed by atoms with Crippen LogP contribution in [0.15, 0.2) is 81.9 Å². The van der Waals surface area contributed by atoms with E-state index in [1.165, 1.54) is 67.3 Å². The molecule has 0 spiro atoms. The molecule has 0 bridgehead atoms. The Hall–Kier alpha value is -12.0. The maximum absolute atomic E-state index is 15.6. The summed E-state index contributed by atoms with van der Waals surface area (Å²) < 4.78 is 139. The third-order valence-electron chi connectivity index (χ3n) is 18.2. The van der Waals surface area contributed by atoms with Gasteiger partial charge in [-0.2, -0.15) is 8.42 Å². The number of esters is 11. The summed E-state index contributed by atoms with van der Waals surface area (Å²) in [4.78, 5) is 184. The molecule has 4 aliphatic rings. The number of alkyl halides is 1. The maximum atomic E-state index is 15.6. The van der Waals surface area contributed by atoms with Gasteiger partial charge < -0.3 is 109 Å². The number of nitrogens with zero attached hydrogens (tertiary/aromatic N) is 6. The van der Waals surface area contributed by atoms with E-state index >= 15 is 13.2 Å². The van der Waals surface area contributed by atoms with Gasteiger partial charge >= 0.3 is 75.8 Å². The van der Waals surface area contributed by atoms with Crippen molar-refractivity contribution in [2.75, 3.05) is 78.6 Å². The average Bonchev–Trinajstić information content (AvgIpc) is 1.61. The maximum Gasteiger partial charge on any atom is 0.340 e. The van der Waals surface area contributed by atoms with Crippen LogP contribution in [-0.2, 0) is 143 Å². The molecule has 9 rings (SSSR count). The first-order valence-electron chi connectivity index (χ1n) is 36.1. The van der Waals surface area contributed by atoms with E-state index in [-0.39, 0.29) is 77.9 Å². The number of ether oxygens (including phenoxy) is 18. The van der Waals surface area contributed by atoms with E-state index in [1.54, 1.807) is 18.2 Å². The number of nitrogens with one attached hydrogen (secondary N) is 1. The van der Waals surface area contributed by atoms with Crippen molar-refractivity contribution in [2.45, 2.75) is 172 Å². The van der Waals surface area contributed by atoms with Crippen molar-refractivity contribution in [3.05, 3.63) is 99.6 Å². The summed E-state index contributed by atoms with van der Waals surface area (Å²) in [6, 6.07) is 15.0. The van der Waals surface area contributed by atoms with E-state index in [9.17, 15) is 57.5 Å². The van der Waals surface area contributed by atoms with Crippen LogP contribution < -0.4 is 18.6 Å². The Balaban J connectivity index is 1.07. The number of hydrogen-bond donors (Lipinski definition) is 1. The standard InChI is InChI=1S/C75H84ClN7O35S/c1-33(80-117-75-68(112-42(10)92)59(105-35(3)85)58(104-34(2)84)55(114-75)32-103-73-66(110-40(8)90)62(108-38(6)88)60(106-36(4)86)64(115-73)71(95)100-13)43-15-19-50-45(25-43)26-51(79-50)70(94)83-31-46(30-76)57-49-28-47(99-12)17-18-48(49)56(29-52(57)83)119(97,98)118-54-27-44(69(93)82(11)22-24-102-23-21-78-81-77)16-20-53(54)113-74-67(111-41(9)91)63(109-39(7)89)61(107-37(5)87)65(116-74)72(96)101-14/h15-20,25-29,46,55,58-68,73-75,79H,21-24,30-32H2,1-14H3/b80-33+/t46-,55-,58+,59?,60+,61+,62+,63+,64?,65+,66-,67-,68-,73?,74?,75+/m1/s1. The number of azide groups is 1. The zero-order chi connectivity index (χ0) is 87.2. The first-order valence-corrected chi connectivity index (χ1v) is 38.1. The van der Waals surface area contributed by atoms with E-state index in [0.29, 0.717) is 22.0 Å². The second-order valence-electron chi connectivity index (χ2n) is 26.8. The van der Waals surface area contributed by atoms with Crippen LogP contribution >= 0.6 is 11.6 Å². The van der Waals surface area contributed by atoms with Gasteiger partial charge in [0.05, 0.1) is 46.9 Å². The Morgan fingerprint density at radius 3 is 1.65 bits per heavy atom. The summed E-state index contributed by atoms with van der Waals surface area (Å²) in [6.45, 7) is 9.13. The van der Waals surface area contributed by atoms with E-state index in [2.05, 4.69) is 20.2 Å². The highest BCUT2D eigenvalue weighted by atomic mass is 35.5. The first-order chi connectivity index (χ1) is 56.4. The number of likely N-dealkylation sites (N-methyl/N-ethyl adjacent to an activating group) is 1. The summed E-state index contributed by atoms with van der Waals surface area (Å²) in [6.07, 6.45) is -27.9. The van der Waals surface area contributed by atoms with Gasteiger partial charge in [-0.3, -0.25) is 52.7 Å². The van der Waals surface area contributed by atoms with Crippen molar-refractivity contribution in [3.8, 4) is 17.2 Å². The number of rotatable bonds is 32. The largest absolute Gasteiger partial charge is 0.497 e. The van der Waals surface area contributed by atoms with Crippen molar-refractivity contribution in [1.82, 2.24) is 9.88 Å². The SMILES string of the molecule is COC(=O)C1OC(OC[C@H]2O[C@@H](O/N=C(\C)c3ccc4[nH]c(C(=O)N5C[C@@H](CCl)c6c5cc(S(=O)(=O)Oc5cc(C(=O)N(C)CCOCCN=[N+]=[N-])ccc5OC5O[C@H](C(=O)OC)[C@@H](OC(C)=O)[C@H](OC(C)=O)[C@H]5OC(C)=O)c5ccc(OC)cc65)cc4c3)[C@H](OC(C)=O)C(OC(C)=O)[C@H]2OC(C)=O)[C@H](OC(C)=O)[C@@H](OC(C)=O)[C@@H]1OC(C)=O. The molecule has 0 radical (unpaired) electrons. The van der Waals surface area contributed by atoms with Gasteiger partial charge in [-0.1, -0.05) is 16.3 Å². The predicted octanol–water partition coefficient (Wildman–Crippen LogP) is 4.52. The van der Waals surface area contributed by atoms with Crippen LogP contribution in [0.5, 0.6) is 17.2 Å². The molecule has 4 unspecified atom stereocenters. The number of amides is 2. The number of aromatic amines is 1. The van der Waals surface area contributed by atoms with Gasteiger partial charge in [0.15, 0.2) is 72.7 Å². The topological polar surface area (TPSA) is 524 Å².